The van der Waals surface area contributed by atoms with Crippen molar-refractivity contribution >= 4 is 0 Å². The molecule has 0 aromatic carbocycles. The third-order valence-corrected chi connectivity index (χ3v) is 0.203. The summed E-state index contributed by atoms with van der Waals surface area (Å²) in [6.45, 7) is 0. The van der Waals surface area contributed by atoms with E-state index in [4.69, 9.17) is 4.91 Å². The SMILES string of the molecule is NN=NNNN=O. The first kappa shape index (κ1) is 5.60. The highest BCUT2D eigenvalue weighted by Gasteiger charge is 1.63. The van der Waals surface area contributed by atoms with Crippen LogP contribution in [0.1, 0.15) is 0 Å². The Bertz CT molecular complexity index is 64.6. The van der Waals surface area contributed by atoms with Gasteiger partial charge in [0.15, 0.2) is 0 Å². The van der Waals surface area contributed by atoms with Gasteiger partial charge in [0.2, 0.25) is 0 Å². The Kier molecular flexibility index (Phi) is 3.68. The number of nitrogens with two attached hydrogens (primary N) is 1. The Balaban J connectivity index is 2.82. The second-order valence-electron chi connectivity index (χ2n) is 0.530. The molecule has 7 nitrogen and oxygen atoms in total. The maximum atomic E-state index is 9.11. The lowest BCUT2D eigenvalue weighted by atomic mass is 12.3. The quantitative estimate of drug-likeness (QED) is 0.140. The number of nitroso groups, excluding NO2 is 1. The highest BCUT2D eigenvalue weighted by atomic mass is 16.3. The Hall–Kier alpha value is -1.40. The molecule has 0 aliphatic heterocycles. The Morgan fingerprint density at radius 1 is 1.43 bits per heavy atom. The maximum Gasteiger partial charge on any atom is 0.0717 e. The molecular weight excluding hydrogens is 100 g/mol. The summed E-state index contributed by atoms with van der Waals surface area (Å²) in [6, 6.07) is 0. The van der Waals surface area contributed by atoms with E-state index in [-0.39, 0.29) is 0 Å². The summed E-state index contributed by atoms with van der Waals surface area (Å²) in [5, 5.41) is 7.79. The van der Waals surface area contributed by atoms with Crippen molar-refractivity contribution in [2.45, 2.75) is 0 Å². The molecule has 0 aromatic rings. The topological polar surface area (TPSA) is 104 Å². The first-order valence-corrected chi connectivity index (χ1v) is 1.34. The summed E-state index contributed by atoms with van der Waals surface area (Å²) in [5.74, 6) is 4.48. The standard InChI is InChI=1S/H4N6O/c1-2-3-4-5-6-7/h(H,2,4,6)(H3,1,3,5,7). The van der Waals surface area contributed by atoms with Crippen LogP contribution in [0, 0.1) is 4.91 Å². The van der Waals surface area contributed by atoms with Gasteiger partial charge in [-0.25, -0.2) is 0 Å². The zero-order chi connectivity index (χ0) is 5.54. The highest BCUT2D eigenvalue weighted by molar-refractivity contribution is 4.10. The van der Waals surface area contributed by atoms with Gasteiger partial charge >= 0.3 is 0 Å². The van der Waals surface area contributed by atoms with Crippen LogP contribution in [0.25, 0.3) is 0 Å². The molecule has 4 N–H and O–H groups in total. The molecule has 0 fully saturated rings. The Labute approximate surface area is 38.8 Å². The fourth-order valence-electron chi connectivity index (χ4n) is 0.0716. The molecule has 0 radical (unpaired) electrons. The third kappa shape index (κ3) is 4.60. The van der Waals surface area contributed by atoms with Gasteiger partial charge in [-0.05, 0) is 5.22 Å². The van der Waals surface area contributed by atoms with Gasteiger partial charge in [-0.2, -0.15) is 11.1 Å². The minimum absolute atomic E-state index is 1.73. The normalized spacial score (nSPS) is 8.57. The van der Waals surface area contributed by atoms with Crippen molar-refractivity contribution < 1.29 is 0 Å². The minimum atomic E-state index is 1.73. The van der Waals surface area contributed by atoms with E-state index < -0.39 is 0 Å². The predicted octanol–water partition coefficient (Wildman–Crippen LogP) is -0.997. The van der Waals surface area contributed by atoms with Crippen molar-refractivity contribution in [3.63, 3.8) is 0 Å². The van der Waals surface area contributed by atoms with Crippen LogP contribution in [0.4, 0.5) is 0 Å². The van der Waals surface area contributed by atoms with E-state index in [9.17, 15) is 0 Å². The van der Waals surface area contributed by atoms with Crippen molar-refractivity contribution in [2.75, 3.05) is 0 Å². The number of rotatable bonds is 3. The van der Waals surface area contributed by atoms with Crippen LogP contribution in [-0.4, -0.2) is 0 Å². The second-order valence-corrected chi connectivity index (χ2v) is 0.530. The van der Waals surface area contributed by atoms with Crippen LogP contribution < -0.4 is 16.9 Å². The van der Waals surface area contributed by atoms with Crippen molar-refractivity contribution in [1.82, 2.24) is 11.1 Å². The summed E-state index contributed by atoms with van der Waals surface area (Å²) >= 11 is 0. The number of hydrogen-bond donors (Lipinski definition) is 3. The molecule has 0 aliphatic rings. The fourth-order valence-corrected chi connectivity index (χ4v) is 0.0716. The molecule has 0 atom stereocenters. The first-order chi connectivity index (χ1) is 3.41. The zero-order valence-electron chi connectivity index (χ0n) is 3.33. The van der Waals surface area contributed by atoms with Crippen LogP contribution in [0.15, 0.2) is 15.7 Å². The average Bonchev–Trinajstić information content (AvgIpc) is 1.69. The second kappa shape index (κ2) is 4.60. The minimum Gasteiger partial charge on any atom is -0.303 e. The largest absolute Gasteiger partial charge is 0.303 e. The first-order valence-electron chi connectivity index (χ1n) is 1.34. The molecule has 0 saturated heterocycles. The van der Waals surface area contributed by atoms with Crippen LogP contribution in [-0.2, 0) is 0 Å². The van der Waals surface area contributed by atoms with Gasteiger partial charge < -0.3 is 5.84 Å². The van der Waals surface area contributed by atoms with Crippen molar-refractivity contribution in [1.29, 1.82) is 0 Å². The van der Waals surface area contributed by atoms with Gasteiger partial charge in [0.1, 0.15) is 0 Å². The maximum absolute atomic E-state index is 9.11. The van der Waals surface area contributed by atoms with Crippen LogP contribution in [0.5, 0.6) is 0 Å². The fraction of sp³-hybridized carbons (Fsp3) is 0. The van der Waals surface area contributed by atoms with E-state index in [1.165, 1.54) is 0 Å². The number of hydrazine groups is 1. The summed E-state index contributed by atoms with van der Waals surface area (Å²) in [7, 11) is 0. The van der Waals surface area contributed by atoms with Crippen LogP contribution in [0.2, 0.25) is 0 Å². The molecular formula is H4N6O. The summed E-state index contributed by atoms with van der Waals surface area (Å²) < 4.78 is 0. The Morgan fingerprint density at radius 3 is 2.57 bits per heavy atom. The lowest BCUT2D eigenvalue weighted by Gasteiger charge is -1.85. The van der Waals surface area contributed by atoms with E-state index >= 15 is 0 Å². The monoisotopic (exact) mass is 104 g/mol. The van der Waals surface area contributed by atoms with E-state index in [0.29, 0.717) is 0 Å². The molecule has 0 heterocycles. The molecule has 7 heavy (non-hydrogen) atoms. The molecule has 7 heteroatoms. The van der Waals surface area contributed by atoms with Crippen molar-refractivity contribution in [3.8, 4) is 0 Å². The number of nitrogens with one attached hydrogen (secondary N) is 2. The van der Waals surface area contributed by atoms with Crippen LogP contribution >= 0.6 is 0 Å². The predicted molar refractivity (Wildman–Crippen MR) is 21.1 cm³/mol. The van der Waals surface area contributed by atoms with E-state index in [0.717, 1.165) is 0 Å². The summed E-state index contributed by atoms with van der Waals surface area (Å²) in [6.07, 6.45) is 0. The van der Waals surface area contributed by atoms with Gasteiger partial charge in [-0.15, -0.1) is 4.91 Å². The van der Waals surface area contributed by atoms with Gasteiger partial charge in [0.05, 0.1) is 5.29 Å². The van der Waals surface area contributed by atoms with Crippen molar-refractivity contribution in [3.05, 3.63) is 4.91 Å². The smallest absolute Gasteiger partial charge is 0.0717 e. The van der Waals surface area contributed by atoms with Crippen LogP contribution in [0.3, 0.4) is 0 Å². The number of nitrogens with zero attached hydrogens (tertiary/aromatic N) is 3. The van der Waals surface area contributed by atoms with Gasteiger partial charge in [0, 0.05) is 0 Å². The molecule has 0 aliphatic carbocycles. The highest BCUT2D eigenvalue weighted by Crippen LogP contribution is 1.49. The van der Waals surface area contributed by atoms with E-state index in [1.54, 1.807) is 5.53 Å². The Morgan fingerprint density at radius 2 is 2.14 bits per heavy atom. The molecule has 0 bridgehead atoms. The molecule has 0 saturated carbocycles. The number of hydrogen-bond acceptors (Lipinski definition) is 4. The van der Waals surface area contributed by atoms with E-state index in [2.05, 4.69) is 21.6 Å². The lowest BCUT2D eigenvalue weighted by Crippen LogP contribution is -2.19. The van der Waals surface area contributed by atoms with Crippen molar-refractivity contribution in [2.24, 2.45) is 21.6 Å². The summed E-state index contributed by atoms with van der Waals surface area (Å²) in [5.41, 5.74) is 3.62. The molecule has 40 valence electrons. The van der Waals surface area contributed by atoms with E-state index in [1.807, 2.05) is 5.53 Å². The average molecular weight is 104 g/mol. The zero-order valence-corrected chi connectivity index (χ0v) is 3.33. The molecule has 0 unspecified atom stereocenters. The van der Waals surface area contributed by atoms with Gasteiger partial charge in [0.25, 0.3) is 0 Å². The summed E-state index contributed by atoms with van der Waals surface area (Å²) in [4.78, 5) is 9.11. The van der Waals surface area contributed by atoms with Gasteiger partial charge in [-0.3, -0.25) is 0 Å². The van der Waals surface area contributed by atoms with Gasteiger partial charge in [-0.1, -0.05) is 5.22 Å². The molecule has 0 amide bonds. The lowest BCUT2D eigenvalue weighted by molar-refractivity contribution is 0.546. The molecule has 0 spiro atoms. The third-order valence-electron chi connectivity index (χ3n) is 0.203. The molecule has 0 rings (SSSR count). The molecule has 0 aromatic heterocycles.